The fourth-order valence-electron chi connectivity index (χ4n) is 3.36. The maximum Gasteiger partial charge on any atom is 0.264 e. The van der Waals surface area contributed by atoms with Crippen molar-refractivity contribution in [3.05, 3.63) is 43.3 Å². The van der Waals surface area contributed by atoms with Gasteiger partial charge in [0.1, 0.15) is 0 Å². The lowest BCUT2D eigenvalue weighted by molar-refractivity contribution is 0.0684. The molecule has 0 saturated carbocycles. The maximum atomic E-state index is 12.8. The number of aryl methyl sites for hydroxylation is 2. The van der Waals surface area contributed by atoms with Gasteiger partial charge in [0.2, 0.25) is 0 Å². The van der Waals surface area contributed by atoms with E-state index in [1.165, 1.54) is 27.3 Å². The van der Waals surface area contributed by atoms with Gasteiger partial charge >= 0.3 is 0 Å². The number of rotatable bonds is 1. The van der Waals surface area contributed by atoms with Crippen LogP contribution in [0.3, 0.4) is 0 Å². The summed E-state index contributed by atoms with van der Waals surface area (Å²) in [5, 5.41) is 2.15. The van der Waals surface area contributed by atoms with Gasteiger partial charge in [-0.3, -0.25) is 4.79 Å². The summed E-state index contributed by atoms with van der Waals surface area (Å²) in [7, 11) is 0. The number of thiophene rings is 2. The van der Waals surface area contributed by atoms with Crippen LogP contribution in [0.2, 0.25) is 0 Å². The predicted molar refractivity (Wildman–Crippen MR) is 83.8 cm³/mol. The molecule has 0 radical (unpaired) electrons. The van der Waals surface area contributed by atoms with Gasteiger partial charge in [0.05, 0.1) is 10.9 Å². The Kier molecular flexibility index (Phi) is 2.97. The smallest absolute Gasteiger partial charge is 0.264 e. The van der Waals surface area contributed by atoms with Gasteiger partial charge in [-0.2, -0.15) is 0 Å². The second-order valence-electron chi connectivity index (χ2n) is 5.64. The average molecular weight is 303 g/mol. The predicted octanol–water partition coefficient (Wildman–Crippen LogP) is 4.06. The number of hydrogen-bond acceptors (Lipinski definition) is 3. The minimum atomic E-state index is 0.217. The molecule has 20 heavy (non-hydrogen) atoms. The summed E-state index contributed by atoms with van der Waals surface area (Å²) < 4.78 is 0. The van der Waals surface area contributed by atoms with E-state index in [4.69, 9.17) is 0 Å². The first-order chi connectivity index (χ1) is 9.74. The van der Waals surface area contributed by atoms with Crippen LogP contribution in [0.25, 0.3) is 0 Å². The van der Waals surface area contributed by atoms with Crippen molar-refractivity contribution in [1.29, 1.82) is 0 Å². The lowest BCUT2D eigenvalue weighted by Crippen LogP contribution is -2.37. The summed E-state index contributed by atoms with van der Waals surface area (Å²) in [6.07, 6.45) is 4.59. The molecule has 1 unspecified atom stereocenters. The molecule has 0 saturated heterocycles. The molecule has 1 atom stereocenters. The van der Waals surface area contributed by atoms with Crippen molar-refractivity contribution in [3.63, 3.8) is 0 Å². The highest BCUT2D eigenvalue weighted by Gasteiger charge is 2.30. The summed E-state index contributed by atoms with van der Waals surface area (Å²) in [4.78, 5) is 18.7. The largest absolute Gasteiger partial charge is 0.331 e. The molecular weight excluding hydrogens is 286 g/mol. The van der Waals surface area contributed by atoms with Crippen LogP contribution in [0.1, 0.15) is 49.9 Å². The molecule has 0 aromatic carbocycles. The van der Waals surface area contributed by atoms with Crippen LogP contribution in [-0.2, 0) is 19.3 Å². The molecule has 2 aliphatic rings. The van der Waals surface area contributed by atoms with Crippen molar-refractivity contribution in [2.24, 2.45) is 0 Å². The number of fused-ring (bicyclic) bond motifs is 2. The first kappa shape index (κ1) is 12.6. The third-order valence-electron chi connectivity index (χ3n) is 4.50. The van der Waals surface area contributed by atoms with E-state index >= 15 is 0 Å². The molecule has 2 aromatic rings. The van der Waals surface area contributed by atoms with Gasteiger partial charge in [0.25, 0.3) is 5.91 Å². The average Bonchev–Trinajstić information content (AvgIpc) is 3.13. The Morgan fingerprint density at radius 1 is 1.30 bits per heavy atom. The molecule has 1 aliphatic carbocycles. The van der Waals surface area contributed by atoms with E-state index in [1.807, 2.05) is 11.3 Å². The minimum absolute atomic E-state index is 0.217. The van der Waals surface area contributed by atoms with Crippen LogP contribution in [-0.4, -0.2) is 17.4 Å². The van der Waals surface area contributed by atoms with Gasteiger partial charge < -0.3 is 4.90 Å². The Bertz CT molecular complexity index is 648. The lowest BCUT2D eigenvalue weighted by Gasteiger charge is -2.33. The molecule has 2 aromatic heterocycles. The van der Waals surface area contributed by atoms with Crippen molar-refractivity contribution in [3.8, 4) is 0 Å². The van der Waals surface area contributed by atoms with Gasteiger partial charge in [0.15, 0.2) is 0 Å². The zero-order valence-corrected chi connectivity index (χ0v) is 13.1. The SMILES string of the molecule is CC1c2ccsc2CCN1C(=O)c1cc2c(s1)CCC2. The topological polar surface area (TPSA) is 20.3 Å². The molecular formula is C16H17NOS2. The van der Waals surface area contributed by atoms with Crippen molar-refractivity contribution >= 4 is 28.6 Å². The number of hydrogen-bond donors (Lipinski definition) is 0. The Morgan fingerprint density at radius 3 is 3.05 bits per heavy atom. The molecule has 4 rings (SSSR count). The zero-order valence-electron chi connectivity index (χ0n) is 11.5. The molecule has 1 aliphatic heterocycles. The van der Waals surface area contributed by atoms with Crippen LogP contribution in [0.15, 0.2) is 17.5 Å². The molecule has 104 valence electrons. The second-order valence-corrected chi connectivity index (χ2v) is 7.77. The van der Waals surface area contributed by atoms with Crippen LogP contribution < -0.4 is 0 Å². The number of carbonyl (C=O) groups is 1. The quantitative estimate of drug-likeness (QED) is 0.778. The van der Waals surface area contributed by atoms with Crippen molar-refractivity contribution in [1.82, 2.24) is 4.90 Å². The Balaban J connectivity index is 1.62. The number of amides is 1. The molecule has 0 bridgehead atoms. The molecule has 0 fully saturated rings. The summed E-state index contributed by atoms with van der Waals surface area (Å²) in [6, 6.07) is 4.54. The minimum Gasteiger partial charge on any atom is -0.331 e. The van der Waals surface area contributed by atoms with Gasteiger partial charge in [-0.05, 0) is 61.2 Å². The van der Waals surface area contributed by atoms with Crippen LogP contribution in [0.4, 0.5) is 0 Å². The molecule has 0 N–H and O–H groups in total. The fourth-order valence-corrected chi connectivity index (χ4v) is 5.54. The van der Waals surface area contributed by atoms with Crippen LogP contribution >= 0.6 is 22.7 Å². The van der Waals surface area contributed by atoms with E-state index < -0.39 is 0 Å². The molecule has 1 amide bonds. The highest BCUT2D eigenvalue weighted by molar-refractivity contribution is 7.14. The molecule has 4 heteroatoms. The van der Waals surface area contributed by atoms with E-state index in [-0.39, 0.29) is 11.9 Å². The van der Waals surface area contributed by atoms with E-state index in [0.29, 0.717) is 0 Å². The molecule has 3 heterocycles. The van der Waals surface area contributed by atoms with Gasteiger partial charge in [-0.1, -0.05) is 0 Å². The van der Waals surface area contributed by atoms with E-state index in [9.17, 15) is 4.79 Å². The third-order valence-corrected chi connectivity index (χ3v) is 6.72. The first-order valence-corrected chi connectivity index (χ1v) is 8.92. The second kappa shape index (κ2) is 4.71. The summed E-state index contributed by atoms with van der Waals surface area (Å²) in [5.41, 5.74) is 2.76. The Morgan fingerprint density at radius 2 is 2.20 bits per heavy atom. The van der Waals surface area contributed by atoms with Crippen LogP contribution in [0.5, 0.6) is 0 Å². The summed E-state index contributed by atoms with van der Waals surface area (Å²) in [6.45, 7) is 3.01. The van der Waals surface area contributed by atoms with Gasteiger partial charge in [-0.15, -0.1) is 22.7 Å². The normalized spacial score (nSPS) is 20.9. The summed E-state index contributed by atoms with van der Waals surface area (Å²) in [5.74, 6) is 0.230. The van der Waals surface area contributed by atoms with Crippen molar-refractivity contribution < 1.29 is 4.79 Å². The van der Waals surface area contributed by atoms with E-state index in [1.54, 1.807) is 11.3 Å². The standard InChI is InChI=1S/C16H17NOS2/c1-10-12-6-8-19-14(12)5-7-17(10)16(18)15-9-11-3-2-4-13(11)20-15/h6,8-10H,2-5,7H2,1H3. The van der Waals surface area contributed by atoms with Gasteiger partial charge in [-0.25, -0.2) is 0 Å². The maximum absolute atomic E-state index is 12.8. The highest BCUT2D eigenvalue weighted by atomic mass is 32.1. The summed E-state index contributed by atoms with van der Waals surface area (Å²) >= 11 is 3.54. The Labute approximate surface area is 127 Å². The Hall–Kier alpha value is -1.13. The third kappa shape index (κ3) is 1.85. The van der Waals surface area contributed by atoms with Gasteiger partial charge in [0, 0.05) is 16.3 Å². The van der Waals surface area contributed by atoms with E-state index in [0.717, 1.165) is 30.7 Å². The molecule has 2 nitrogen and oxygen atoms in total. The first-order valence-electron chi connectivity index (χ1n) is 7.23. The zero-order chi connectivity index (χ0) is 13.7. The monoisotopic (exact) mass is 303 g/mol. The number of carbonyl (C=O) groups excluding carboxylic acids is 1. The lowest BCUT2D eigenvalue weighted by atomic mass is 10.0. The highest BCUT2D eigenvalue weighted by Crippen LogP contribution is 2.36. The van der Waals surface area contributed by atoms with Crippen molar-refractivity contribution in [2.45, 2.75) is 38.6 Å². The molecule has 0 spiro atoms. The van der Waals surface area contributed by atoms with E-state index in [2.05, 4.69) is 29.3 Å². The number of nitrogens with zero attached hydrogens (tertiary/aromatic N) is 1. The fraction of sp³-hybridized carbons (Fsp3) is 0.438. The van der Waals surface area contributed by atoms with Crippen molar-refractivity contribution in [2.75, 3.05) is 6.54 Å². The van der Waals surface area contributed by atoms with Crippen LogP contribution in [0, 0.1) is 0 Å².